The lowest BCUT2D eigenvalue weighted by atomic mass is 10.1. The fraction of sp³-hybridized carbons (Fsp3) is 0.429. The summed E-state index contributed by atoms with van der Waals surface area (Å²) in [5.41, 5.74) is 1.85. The first kappa shape index (κ1) is 14.1. The van der Waals surface area contributed by atoms with Crippen LogP contribution in [0, 0.1) is 0 Å². The molecule has 0 fully saturated rings. The molecule has 1 rings (SSSR count). The number of rotatable bonds is 6. The minimum absolute atomic E-state index is 0.525. The van der Waals surface area contributed by atoms with Crippen molar-refractivity contribution in [1.29, 1.82) is 0 Å². The number of unbranched alkanes of at least 4 members (excludes halogenated alkanes) is 1. The molecular formula is C14H20ClNO. The number of benzene rings is 1. The van der Waals surface area contributed by atoms with Crippen LogP contribution in [0.15, 0.2) is 30.9 Å². The Morgan fingerprint density at radius 2 is 2.24 bits per heavy atom. The van der Waals surface area contributed by atoms with Crippen LogP contribution in [0.1, 0.15) is 31.4 Å². The molecule has 0 heterocycles. The van der Waals surface area contributed by atoms with E-state index in [0.717, 1.165) is 30.6 Å². The molecule has 0 aromatic heterocycles. The molecule has 1 unspecified atom stereocenters. The van der Waals surface area contributed by atoms with Gasteiger partial charge in [0.1, 0.15) is 0 Å². The van der Waals surface area contributed by atoms with Gasteiger partial charge in [-0.2, -0.15) is 0 Å². The lowest BCUT2D eigenvalue weighted by Crippen LogP contribution is -2.18. The Morgan fingerprint density at radius 1 is 1.53 bits per heavy atom. The highest BCUT2D eigenvalue weighted by molar-refractivity contribution is 6.31. The maximum atomic E-state index is 9.50. The van der Waals surface area contributed by atoms with E-state index in [9.17, 15) is 5.11 Å². The molecule has 1 aromatic rings. The van der Waals surface area contributed by atoms with Crippen LogP contribution in [-0.4, -0.2) is 18.7 Å². The van der Waals surface area contributed by atoms with Crippen molar-refractivity contribution in [3.05, 3.63) is 41.4 Å². The van der Waals surface area contributed by atoms with E-state index in [1.54, 1.807) is 6.92 Å². The second kappa shape index (κ2) is 6.67. The summed E-state index contributed by atoms with van der Waals surface area (Å²) in [6.07, 6.45) is 3.50. The normalized spacial score (nSPS) is 12.2. The third-order valence-corrected chi connectivity index (χ3v) is 3.10. The van der Waals surface area contributed by atoms with Gasteiger partial charge in [0.15, 0.2) is 0 Å². The smallest absolute Gasteiger partial charge is 0.0776 e. The highest BCUT2D eigenvalue weighted by atomic mass is 35.5. The van der Waals surface area contributed by atoms with Gasteiger partial charge in [0.25, 0.3) is 0 Å². The number of hydrogen-bond acceptors (Lipinski definition) is 2. The number of anilines is 1. The van der Waals surface area contributed by atoms with Crippen LogP contribution in [0.3, 0.4) is 0 Å². The Morgan fingerprint density at radius 3 is 2.76 bits per heavy atom. The van der Waals surface area contributed by atoms with Crippen molar-refractivity contribution in [2.75, 3.05) is 18.5 Å². The summed E-state index contributed by atoms with van der Waals surface area (Å²) in [4.78, 5) is 2.15. The first-order valence-electron chi connectivity index (χ1n) is 5.85. The average molecular weight is 254 g/mol. The van der Waals surface area contributed by atoms with E-state index in [1.807, 2.05) is 31.3 Å². The number of halogens is 1. The standard InChI is InChI=1S/C14H20ClNO/c1-4-5-6-9-16(3)12-7-8-13(11(2)17)14(15)10-12/h4,7-8,10-11,17H,1,5-6,9H2,2-3H3. The summed E-state index contributed by atoms with van der Waals surface area (Å²) in [6.45, 7) is 6.39. The predicted molar refractivity (Wildman–Crippen MR) is 74.8 cm³/mol. The van der Waals surface area contributed by atoms with Crippen molar-refractivity contribution in [1.82, 2.24) is 0 Å². The van der Waals surface area contributed by atoms with E-state index >= 15 is 0 Å². The Labute approximate surface area is 109 Å². The van der Waals surface area contributed by atoms with Gasteiger partial charge < -0.3 is 10.0 Å². The molecule has 3 heteroatoms. The molecule has 1 atom stereocenters. The van der Waals surface area contributed by atoms with Crippen LogP contribution in [0.5, 0.6) is 0 Å². The second-order valence-corrected chi connectivity index (χ2v) is 4.64. The first-order chi connectivity index (χ1) is 8.06. The molecule has 0 amide bonds. The fourth-order valence-corrected chi connectivity index (χ4v) is 2.03. The lowest BCUT2D eigenvalue weighted by molar-refractivity contribution is 0.199. The summed E-state index contributed by atoms with van der Waals surface area (Å²) < 4.78 is 0. The summed E-state index contributed by atoms with van der Waals surface area (Å²) in [6, 6.07) is 5.77. The summed E-state index contributed by atoms with van der Waals surface area (Å²) >= 11 is 6.13. The quantitative estimate of drug-likeness (QED) is 0.616. The molecule has 0 saturated heterocycles. The number of aliphatic hydroxyl groups is 1. The molecule has 0 bridgehead atoms. The van der Waals surface area contributed by atoms with Gasteiger partial charge in [-0.25, -0.2) is 0 Å². The van der Waals surface area contributed by atoms with E-state index in [4.69, 9.17) is 11.6 Å². The maximum absolute atomic E-state index is 9.50. The largest absolute Gasteiger partial charge is 0.389 e. The average Bonchev–Trinajstić information content (AvgIpc) is 2.28. The molecule has 0 aliphatic rings. The summed E-state index contributed by atoms with van der Waals surface area (Å²) in [5.74, 6) is 0. The van der Waals surface area contributed by atoms with Gasteiger partial charge in [0, 0.05) is 24.3 Å². The van der Waals surface area contributed by atoms with Gasteiger partial charge in [-0.05, 0) is 37.5 Å². The molecule has 0 spiro atoms. The summed E-state index contributed by atoms with van der Waals surface area (Å²) in [7, 11) is 2.04. The van der Waals surface area contributed by atoms with E-state index in [-0.39, 0.29) is 0 Å². The van der Waals surface area contributed by atoms with Crippen LogP contribution in [0.2, 0.25) is 5.02 Å². The monoisotopic (exact) mass is 253 g/mol. The SMILES string of the molecule is C=CCCCN(C)c1ccc(C(C)O)c(Cl)c1. The molecule has 17 heavy (non-hydrogen) atoms. The maximum Gasteiger partial charge on any atom is 0.0776 e. The van der Waals surface area contributed by atoms with Crippen LogP contribution in [0.4, 0.5) is 5.69 Å². The molecule has 0 radical (unpaired) electrons. The Balaban J connectivity index is 2.72. The Kier molecular flexibility index (Phi) is 5.52. The van der Waals surface area contributed by atoms with Gasteiger partial charge in [-0.1, -0.05) is 23.7 Å². The van der Waals surface area contributed by atoms with Crippen LogP contribution in [0.25, 0.3) is 0 Å². The molecular weight excluding hydrogens is 234 g/mol. The summed E-state index contributed by atoms with van der Waals surface area (Å²) in [5, 5.41) is 10.1. The third kappa shape index (κ3) is 4.06. The van der Waals surface area contributed by atoms with Crippen molar-refractivity contribution >= 4 is 17.3 Å². The van der Waals surface area contributed by atoms with E-state index in [2.05, 4.69) is 11.5 Å². The van der Waals surface area contributed by atoms with Crippen LogP contribution < -0.4 is 4.90 Å². The first-order valence-corrected chi connectivity index (χ1v) is 6.23. The van der Waals surface area contributed by atoms with E-state index in [1.165, 1.54) is 0 Å². The number of allylic oxidation sites excluding steroid dienone is 1. The van der Waals surface area contributed by atoms with Gasteiger partial charge in [-0.3, -0.25) is 0 Å². The molecule has 2 nitrogen and oxygen atoms in total. The van der Waals surface area contributed by atoms with Gasteiger partial charge in [0.2, 0.25) is 0 Å². The van der Waals surface area contributed by atoms with Crippen molar-refractivity contribution in [2.45, 2.75) is 25.9 Å². The molecule has 0 aliphatic carbocycles. The van der Waals surface area contributed by atoms with Crippen molar-refractivity contribution in [2.24, 2.45) is 0 Å². The van der Waals surface area contributed by atoms with Gasteiger partial charge in [0.05, 0.1) is 6.10 Å². The van der Waals surface area contributed by atoms with E-state index in [0.29, 0.717) is 5.02 Å². The van der Waals surface area contributed by atoms with Crippen LogP contribution in [-0.2, 0) is 0 Å². The van der Waals surface area contributed by atoms with Crippen LogP contribution >= 0.6 is 11.6 Å². The zero-order chi connectivity index (χ0) is 12.8. The predicted octanol–water partition coefficient (Wildman–Crippen LogP) is 3.80. The molecule has 0 saturated carbocycles. The Hall–Kier alpha value is -0.990. The fourth-order valence-electron chi connectivity index (χ4n) is 1.69. The molecule has 1 N–H and O–H groups in total. The minimum Gasteiger partial charge on any atom is -0.389 e. The van der Waals surface area contributed by atoms with Gasteiger partial charge in [-0.15, -0.1) is 6.58 Å². The van der Waals surface area contributed by atoms with Crippen molar-refractivity contribution in [3.8, 4) is 0 Å². The van der Waals surface area contributed by atoms with E-state index < -0.39 is 6.10 Å². The van der Waals surface area contributed by atoms with Gasteiger partial charge >= 0.3 is 0 Å². The molecule has 0 aliphatic heterocycles. The number of aliphatic hydroxyl groups excluding tert-OH is 1. The van der Waals surface area contributed by atoms with Crippen molar-refractivity contribution in [3.63, 3.8) is 0 Å². The molecule has 94 valence electrons. The number of hydrogen-bond donors (Lipinski definition) is 1. The zero-order valence-corrected chi connectivity index (χ0v) is 11.2. The zero-order valence-electron chi connectivity index (χ0n) is 10.5. The topological polar surface area (TPSA) is 23.5 Å². The molecule has 1 aromatic carbocycles. The van der Waals surface area contributed by atoms with Crippen molar-refractivity contribution < 1.29 is 5.11 Å². The lowest BCUT2D eigenvalue weighted by Gasteiger charge is -2.20. The Bertz CT molecular complexity index is 376. The highest BCUT2D eigenvalue weighted by Gasteiger charge is 2.08. The number of nitrogens with zero attached hydrogens (tertiary/aromatic N) is 1. The minimum atomic E-state index is -0.525. The second-order valence-electron chi connectivity index (χ2n) is 4.23. The third-order valence-electron chi connectivity index (χ3n) is 2.78. The highest BCUT2D eigenvalue weighted by Crippen LogP contribution is 2.27.